The molecule has 1 atom stereocenters. The summed E-state index contributed by atoms with van der Waals surface area (Å²) in [6.45, 7) is 15.2. The summed E-state index contributed by atoms with van der Waals surface area (Å²) in [6, 6.07) is 0. The van der Waals surface area contributed by atoms with Crippen molar-refractivity contribution in [3.63, 3.8) is 0 Å². The molecular weight excluding hydrogens is 196 g/mol. The minimum Gasteiger partial charge on any atom is -0.315 e. The van der Waals surface area contributed by atoms with Crippen LogP contribution in [0.5, 0.6) is 0 Å². The Morgan fingerprint density at radius 1 is 1.25 bits per heavy atom. The summed E-state index contributed by atoms with van der Waals surface area (Å²) in [5.41, 5.74) is 0.572. The first kappa shape index (κ1) is 14.0. The van der Waals surface area contributed by atoms with Gasteiger partial charge in [0.25, 0.3) is 0 Å². The van der Waals surface area contributed by atoms with E-state index in [9.17, 15) is 0 Å². The average Bonchev–Trinajstić information content (AvgIpc) is 2.58. The molecule has 0 bridgehead atoms. The zero-order valence-electron chi connectivity index (χ0n) is 11.7. The maximum Gasteiger partial charge on any atom is 0.0107 e. The molecule has 2 nitrogen and oxygen atoms in total. The van der Waals surface area contributed by atoms with E-state index >= 15 is 0 Å². The lowest BCUT2D eigenvalue weighted by Crippen LogP contribution is -2.36. The van der Waals surface area contributed by atoms with E-state index in [0.29, 0.717) is 5.41 Å². The maximum absolute atomic E-state index is 3.64. The van der Waals surface area contributed by atoms with Gasteiger partial charge in [0.2, 0.25) is 0 Å². The highest BCUT2D eigenvalue weighted by molar-refractivity contribution is 4.85. The fourth-order valence-electron chi connectivity index (χ4n) is 2.83. The van der Waals surface area contributed by atoms with Gasteiger partial charge in [-0.15, -0.1) is 0 Å². The van der Waals surface area contributed by atoms with Gasteiger partial charge in [0.15, 0.2) is 0 Å². The molecule has 1 unspecified atom stereocenters. The molecule has 1 rings (SSSR count). The van der Waals surface area contributed by atoms with Crippen molar-refractivity contribution in [3.8, 4) is 0 Å². The number of nitrogens with zero attached hydrogens (tertiary/aromatic N) is 1. The number of rotatable bonds is 7. The van der Waals surface area contributed by atoms with Crippen LogP contribution in [-0.4, -0.2) is 37.6 Å². The number of hydrogen-bond acceptors (Lipinski definition) is 2. The number of nitrogens with one attached hydrogen (secondary N) is 1. The SMILES string of the molecule is CCN(CC)CCNCC1CCCC1(C)C. The molecular formula is C14H30N2. The summed E-state index contributed by atoms with van der Waals surface area (Å²) >= 11 is 0. The third-order valence-electron chi connectivity index (χ3n) is 4.37. The summed E-state index contributed by atoms with van der Waals surface area (Å²) in [7, 11) is 0. The molecule has 0 spiro atoms. The molecule has 0 aromatic carbocycles. The predicted octanol–water partition coefficient (Wildman–Crippen LogP) is 2.74. The Hall–Kier alpha value is -0.0800. The fraction of sp³-hybridized carbons (Fsp3) is 1.00. The Kier molecular flexibility index (Phi) is 5.77. The molecule has 0 radical (unpaired) electrons. The molecule has 96 valence electrons. The summed E-state index contributed by atoms with van der Waals surface area (Å²) in [4.78, 5) is 2.48. The molecule has 0 aliphatic heterocycles. The monoisotopic (exact) mass is 226 g/mol. The Morgan fingerprint density at radius 3 is 2.44 bits per heavy atom. The zero-order valence-corrected chi connectivity index (χ0v) is 11.7. The second kappa shape index (κ2) is 6.61. The van der Waals surface area contributed by atoms with E-state index in [0.717, 1.165) is 12.5 Å². The minimum absolute atomic E-state index is 0.572. The van der Waals surface area contributed by atoms with Gasteiger partial charge in [0.05, 0.1) is 0 Å². The molecule has 0 amide bonds. The van der Waals surface area contributed by atoms with Crippen LogP contribution in [-0.2, 0) is 0 Å². The van der Waals surface area contributed by atoms with Crippen LogP contribution in [0.15, 0.2) is 0 Å². The lowest BCUT2D eigenvalue weighted by Gasteiger charge is -2.27. The maximum atomic E-state index is 3.64. The van der Waals surface area contributed by atoms with Crippen molar-refractivity contribution in [3.05, 3.63) is 0 Å². The molecule has 1 aliphatic carbocycles. The first-order chi connectivity index (χ1) is 7.60. The van der Waals surface area contributed by atoms with Crippen LogP contribution in [0.3, 0.4) is 0 Å². The lowest BCUT2D eigenvalue weighted by molar-refractivity contribution is 0.243. The van der Waals surface area contributed by atoms with Crippen LogP contribution in [0.1, 0.15) is 47.0 Å². The second-order valence-corrected chi connectivity index (χ2v) is 5.81. The van der Waals surface area contributed by atoms with Gasteiger partial charge in [-0.05, 0) is 43.8 Å². The largest absolute Gasteiger partial charge is 0.315 e. The van der Waals surface area contributed by atoms with Gasteiger partial charge in [-0.2, -0.15) is 0 Å². The first-order valence-corrected chi connectivity index (χ1v) is 7.03. The Balaban J connectivity index is 2.11. The van der Waals surface area contributed by atoms with Crippen LogP contribution in [0.2, 0.25) is 0 Å². The van der Waals surface area contributed by atoms with Gasteiger partial charge in [-0.1, -0.05) is 34.1 Å². The van der Waals surface area contributed by atoms with Gasteiger partial charge in [-0.25, -0.2) is 0 Å². The molecule has 1 fully saturated rings. The van der Waals surface area contributed by atoms with Crippen LogP contribution in [0.4, 0.5) is 0 Å². The van der Waals surface area contributed by atoms with Gasteiger partial charge in [0.1, 0.15) is 0 Å². The average molecular weight is 226 g/mol. The molecule has 0 saturated heterocycles. The topological polar surface area (TPSA) is 15.3 Å². The van der Waals surface area contributed by atoms with E-state index in [1.54, 1.807) is 0 Å². The van der Waals surface area contributed by atoms with Crippen molar-refractivity contribution in [2.75, 3.05) is 32.7 Å². The molecule has 1 N–H and O–H groups in total. The van der Waals surface area contributed by atoms with Crippen molar-refractivity contribution in [2.45, 2.75) is 47.0 Å². The van der Waals surface area contributed by atoms with E-state index in [2.05, 4.69) is 37.9 Å². The molecule has 0 heterocycles. The van der Waals surface area contributed by atoms with E-state index in [1.807, 2.05) is 0 Å². The molecule has 16 heavy (non-hydrogen) atoms. The smallest absolute Gasteiger partial charge is 0.0107 e. The second-order valence-electron chi connectivity index (χ2n) is 5.81. The van der Waals surface area contributed by atoms with Crippen molar-refractivity contribution in [2.24, 2.45) is 11.3 Å². The van der Waals surface area contributed by atoms with Crippen molar-refractivity contribution in [1.82, 2.24) is 10.2 Å². The highest BCUT2D eigenvalue weighted by Gasteiger charge is 2.33. The van der Waals surface area contributed by atoms with E-state index < -0.39 is 0 Å². The predicted molar refractivity (Wildman–Crippen MR) is 71.8 cm³/mol. The Bertz CT molecular complexity index is 185. The number of hydrogen-bond donors (Lipinski definition) is 1. The highest BCUT2D eigenvalue weighted by atomic mass is 15.1. The van der Waals surface area contributed by atoms with Crippen LogP contribution in [0.25, 0.3) is 0 Å². The molecule has 1 aliphatic rings. The van der Waals surface area contributed by atoms with Gasteiger partial charge < -0.3 is 10.2 Å². The molecule has 2 heteroatoms. The van der Waals surface area contributed by atoms with Crippen molar-refractivity contribution < 1.29 is 0 Å². The minimum atomic E-state index is 0.572. The van der Waals surface area contributed by atoms with Gasteiger partial charge in [-0.3, -0.25) is 0 Å². The lowest BCUT2D eigenvalue weighted by atomic mass is 9.82. The molecule has 0 aromatic heterocycles. The third kappa shape index (κ3) is 4.06. The Morgan fingerprint density at radius 2 is 1.94 bits per heavy atom. The molecule has 1 saturated carbocycles. The molecule has 0 aromatic rings. The zero-order chi connectivity index (χ0) is 12.0. The normalized spacial score (nSPS) is 24.2. The van der Waals surface area contributed by atoms with Gasteiger partial charge >= 0.3 is 0 Å². The summed E-state index contributed by atoms with van der Waals surface area (Å²) in [5, 5.41) is 3.64. The quantitative estimate of drug-likeness (QED) is 0.672. The van der Waals surface area contributed by atoms with Crippen molar-refractivity contribution >= 4 is 0 Å². The first-order valence-electron chi connectivity index (χ1n) is 7.03. The number of likely N-dealkylation sites (N-methyl/N-ethyl adjacent to an activating group) is 1. The fourth-order valence-corrected chi connectivity index (χ4v) is 2.83. The van der Waals surface area contributed by atoms with Crippen LogP contribution < -0.4 is 5.32 Å². The van der Waals surface area contributed by atoms with E-state index in [-0.39, 0.29) is 0 Å². The van der Waals surface area contributed by atoms with E-state index in [4.69, 9.17) is 0 Å². The van der Waals surface area contributed by atoms with Crippen LogP contribution in [0, 0.1) is 11.3 Å². The summed E-state index contributed by atoms with van der Waals surface area (Å²) in [5.74, 6) is 0.893. The summed E-state index contributed by atoms with van der Waals surface area (Å²) < 4.78 is 0. The standard InChI is InChI=1S/C14H30N2/c1-5-16(6-2)11-10-15-12-13-8-7-9-14(13,3)4/h13,15H,5-12H2,1-4H3. The van der Waals surface area contributed by atoms with Crippen LogP contribution >= 0.6 is 0 Å². The van der Waals surface area contributed by atoms with Gasteiger partial charge in [0, 0.05) is 13.1 Å². The third-order valence-corrected chi connectivity index (χ3v) is 4.37. The van der Waals surface area contributed by atoms with Crippen molar-refractivity contribution in [1.29, 1.82) is 0 Å². The summed E-state index contributed by atoms with van der Waals surface area (Å²) in [6.07, 6.45) is 4.26. The Labute approximate surface area is 102 Å². The van der Waals surface area contributed by atoms with E-state index in [1.165, 1.54) is 45.4 Å². The highest BCUT2D eigenvalue weighted by Crippen LogP contribution is 2.41.